The zero-order valence-corrected chi connectivity index (χ0v) is 16.5. The number of nitrogens with zero attached hydrogens (tertiary/aromatic N) is 2. The maximum Gasteiger partial charge on any atom is 0.256 e. The summed E-state index contributed by atoms with van der Waals surface area (Å²) in [4.78, 5) is 12.8. The van der Waals surface area contributed by atoms with Gasteiger partial charge in [0.25, 0.3) is 5.91 Å². The molecule has 1 aliphatic carbocycles. The number of nitrogens with one attached hydrogen (secondary N) is 1. The number of hydrogen-bond acceptors (Lipinski definition) is 2. The van der Waals surface area contributed by atoms with Crippen molar-refractivity contribution in [2.75, 3.05) is 0 Å². The smallest absolute Gasteiger partial charge is 0.256 e. The fourth-order valence-electron chi connectivity index (χ4n) is 3.64. The maximum atomic E-state index is 12.8. The van der Waals surface area contributed by atoms with Crippen molar-refractivity contribution in [3.8, 4) is 0 Å². The third kappa shape index (κ3) is 4.67. The quantitative estimate of drug-likeness (QED) is 0.815. The van der Waals surface area contributed by atoms with E-state index in [0.717, 1.165) is 18.4 Å². The Morgan fingerprint density at radius 1 is 1.12 bits per heavy atom. The van der Waals surface area contributed by atoms with E-state index in [1.807, 2.05) is 6.92 Å². The Bertz CT molecular complexity index is 743. The molecule has 2 aromatic rings. The molecule has 0 spiro atoms. The number of aryl methyl sites for hydroxylation is 2. The van der Waals surface area contributed by atoms with E-state index in [-0.39, 0.29) is 11.9 Å². The predicted octanol–water partition coefficient (Wildman–Crippen LogP) is 5.04. The van der Waals surface area contributed by atoms with E-state index in [1.54, 1.807) is 4.68 Å². The van der Waals surface area contributed by atoms with Crippen molar-refractivity contribution in [1.82, 2.24) is 15.1 Å². The summed E-state index contributed by atoms with van der Waals surface area (Å²) in [6.45, 7) is 4.48. The van der Waals surface area contributed by atoms with Gasteiger partial charge in [-0.1, -0.05) is 73.5 Å². The standard InChI is InChI=1S/C21H28ClN3O/c1-15-10-12-17(13-11-15)14-25-20(22)19(16(2)24-25)21(26)23-18-8-6-4-3-5-7-9-18/h10-13,18H,3-9,14H2,1-2H3,(H,23,26). The Morgan fingerprint density at radius 2 is 1.73 bits per heavy atom. The molecule has 0 aliphatic heterocycles. The molecule has 0 atom stereocenters. The topological polar surface area (TPSA) is 46.9 Å². The highest BCUT2D eigenvalue weighted by atomic mass is 35.5. The lowest BCUT2D eigenvalue weighted by Gasteiger charge is -2.21. The van der Waals surface area contributed by atoms with Gasteiger partial charge in [0, 0.05) is 6.04 Å². The Balaban J connectivity index is 1.71. The Kier molecular flexibility index (Phi) is 6.36. The molecular weight excluding hydrogens is 346 g/mol. The zero-order chi connectivity index (χ0) is 18.5. The molecule has 1 heterocycles. The first-order chi connectivity index (χ1) is 12.5. The monoisotopic (exact) mass is 373 g/mol. The number of carbonyl (C=O) groups is 1. The molecule has 1 aromatic carbocycles. The third-order valence-electron chi connectivity index (χ3n) is 5.19. The summed E-state index contributed by atoms with van der Waals surface area (Å²) in [7, 11) is 0. The first-order valence-corrected chi connectivity index (χ1v) is 10.0. The van der Waals surface area contributed by atoms with E-state index in [1.165, 1.54) is 37.7 Å². The molecule has 1 saturated carbocycles. The van der Waals surface area contributed by atoms with Gasteiger partial charge >= 0.3 is 0 Å². The second-order valence-corrected chi connectivity index (χ2v) is 7.77. The number of halogens is 1. The minimum Gasteiger partial charge on any atom is -0.349 e. The SMILES string of the molecule is Cc1ccc(Cn2nc(C)c(C(=O)NC3CCCCCCC3)c2Cl)cc1. The van der Waals surface area contributed by atoms with E-state index in [9.17, 15) is 4.79 Å². The lowest BCUT2D eigenvalue weighted by atomic mass is 9.96. The van der Waals surface area contributed by atoms with Crippen molar-refractivity contribution >= 4 is 17.5 Å². The number of carbonyl (C=O) groups excluding carboxylic acids is 1. The van der Waals surface area contributed by atoms with Gasteiger partial charge in [0.1, 0.15) is 5.15 Å². The minimum atomic E-state index is -0.0896. The van der Waals surface area contributed by atoms with Crippen LogP contribution in [-0.2, 0) is 6.54 Å². The average molecular weight is 374 g/mol. The lowest BCUT2D eigenvalue weighted by molar-refractivity contribution is 0.0930. The van der Waals surface area contributed by atoms with Crippen LogP contribution >= 0.6 is 11.6 Å². The van der Waals surface area contributed by atoms with Gasteiger partial charge in [-0.15, -0.1) is 0 Å². The molecule has 3 rings (SSSR count). The highest BCUT2D eigenvalue weighted by Gasteiger charge is 2.23. The van der Waals surface area contributed by atoms with Gasteiger partial charge < -0.3 is 5.32 Å². The van der Waals surface area contributed by atoms with Gasteiger partial charge in [0.05, 0.1) is 17.8 Å². The molecule has 0 radical (unpaired) electrons. The fraction of sp³-hybridized carbons (Fsp3) is 0.524. The van der Waals surface area contributed by atoms with Crippen LogP contribution in [0.25, 0.3) is 0 Å². The molecule has 0 saturated heterocycles. The highest BCUT2D eigenvalue weighted by Crippen LogP contribution is 2.23. The van der Waals surface area contributed by atoms with E-state index < -0.39 is 0 Å². The molecule has 0 bridgehead atoms. The summed E-state index contributed by atoms with van der Waals surface area (Å²) in [6.07, 6.45) is 8.33. The molecule has 4 nitrogen and oxygen atoms in total. The van der Waals surface area contributed by atoms with Gasteiger partial charge in [-0.2, -0.15) is 5.10 Å². The molecule has 1 amide bonds. The average Bonchev–Trinajstić information content (AvgIpc) is 2.86. The van der Waals surface area contributed by atoms with E-state index in [0.29, 0.717) is 23.0 Å². The van der Waals surface area contributed by atoms with E-state index in [2.05, 4.69) is 41.6 Å². The van der Waals surface area contributed by atoms with Crippen molar-refractivity contribution in [2.24, 2.45) is 0 Å². The summed E-state index contributed by atoms with van der Waals surface area (Å²) in [5.74, 6) is -0.0896. The summed E-state index contributed by atoms with van der Waals surface area (Å²) < 4.78 is 1.72. The number of rotatable bonds is 4. The highest BCUT2D eigenvalue weighted by molar-refractivity contribution is 6.33. The number of aromatic nitrogens is 2. The zero-order valence-electron chi connectivity index (χ0n) is 15.7. The molecule has 1 aromatic heterocycles. The number of hydrogen-bond donors (Lipinski definition) is 1. The Hall–Kier alpha value is -1.81. The van der Waals surface area contributed by atoms with Crippen LogP contribution in [0.3, 0.4) is 0 Å². The minimum absolute atomic E-state index is 0.0896. The third-order valence-corrected chi connectivity index (χ3v) is 5.57. The Morgan fingerprint density at radius 3 is 2.38 bits per heavy atom. The van der Waals surface area contributed by atoms with Crippen LogP contribution in [0.2, 0.25) is 5.15 Å². The van der Waals surface area contributed by atoms with E-state index in [4.69, 9.17) is 11.6 Å². The first-order valence-electron chi connectivity index (χ1n) is 9.64. The van der Waals surface area contributed by atoms with Crippen LogP contribution in [0.4, 0.5) is 0 Å². The molecule has 1 aliphatic rings. The summed E-state index contributed by atoms with van der Waals surface area (Å²) in [6, 6.07) is 8.52. The molecule has 0 unspecified atom stereocenters. The van der Waals surface area contributed by atoms with Crippen molar-refractivity contribution in [3.05, 3.63) is 51.8 Å². The van der Waals surface area contributed by atoms with Crippen LogP contribution in [0, 0.1) is 13.8 Å². The van der Waals surface area contributed by atoms with Gasteiger partial charge in [0.2, 0.25) is 0 Å². The fourth-order valence-corrected chi connectivity index (χ4v) is 3.96. The molecular formula is C21H28ClN3O. The molecule has 26 heavy (non-hydrogen) atoms. The van der Waals surface area contributed by atoms with Crippen LogP contribution < -0.4 is 5.32 Å². The van der Waals surface area contributed by atoms with Gasteiger partial charge in [-0.3, -0.25) is 4.79 Å². The van der Waals surface area contributed by atoms with Crippen molar-refractivity contribution in [1.29, 1.82) is 0 Å². The van der Waals surface area contributed by atoms with Gasteiger partial charge in [-0.05, 0) is 32.3 Å². The molecule has 1 fully saturated rings. The number of amides is 1. The van der Waals surface area contributed by atoms with Gasteiger partial charge in [0.15, 0.2) is 0 Å². The second kappa shape index (κ2) is 8.72. The molecule has 140 valence electrons. The van der Waals surface area contributed by atoms with Crippen molar-refractivity contribution < 1.29 is 4.79 Å². The van der Waals surface area contributed by atoms with Gasteiger partial charge in [-0.25, -0.2) is 4.68 Å². The molecule has 5 heteroatoms. The first kappa shape index (κ1) is 19.0. The lowest BCUT2D eigenvalue weighted by Crippen LogP contribution is -2.35. The number of benzene rings is 1. The predicted molar refractivity (Wildman–Crippen MR) is 106 cm³/mol. The summed E-state index contributed by atoms with van der Waals surface area (Å²) in [5, 5.41) is 8.11. The van der Waals surface area contributed by atoms with Crippen molar-refractivity contribution in [3.63, 3.8) is 0 Å². The largest absolute Gasteiger partial charge is 0.349 e. The summed E-state index contributed by atoms with van der Waals surface area (Å²) >= 11 is 6.52. The summed E-state index contributed by atoms with van der Waals surface area (Å²) in [5.41, 5.74) is 3.54. The van der Waals surface area contributed by atoms with E-state index >= 15 is 0 Å². The molecule has 1 N–H and O–H groups in total. The van der Waals surface area contributed by atoms with Crippen molar-refractivity contribution in [2.45, 2.75) is 71.4 Å². The van der Waals surface area contributed by atoms with Crippen LogP contribution in [0.5, 0.6) is 0 Å². The van der Waals surface area contributed by atoms with Crippen LogP contribution in [0.15, 0.2) is 24.3 Å². The van der Waals surface area contributed by atoms with Crippen LogP contribution in [0.1, 0.15) is 72.1 Å². The van der Waals surface area contributed by atoms with Crippen LogP contribution in [-0.4, -0.2) is 21.7 Å². The maximum absolute atomic E-state index is 12.8. The Labute approximate surface area is 160 Å². The second-order valence-electron chi connectivity index (χ2n) is 7.41. The normalized spacial score (nSPS) is 16.1.